The number of hydrogen-bond donors (Lipinski definition) is 0. The second-order valence-electron chi connectivity index (χ2n) is 2.78. The molecule has 1 heterocycles. The van der Waals surface area contributed by atoms with E-state index in [2.05, 4.69) is 17.8 Å². The van der Waals surface area contributed by atoms with Crippen LogP contribution in [0.3, 0.4) is 0 Å². The van der Waals surface area contributed by atoms with Crippen LogP contribution in [-0.4, -0.2) is 12.2 Å². The monoisotopic (exact) mass is 168 g/mol. The lowest BCUT2D eigenvalue weighted by Crippen LogP contribution is -1.84. The van der Waals surface area contributed by atoms with E-state index in [1.807, 2.05) is 30.3 Å². The van der Waals surface area contributed by atoms with Gasteiger partial charge in [0.25, 0.3) is 0 Å². The molecule has 2 rings (SSSR count). The normalized spacial score (nSPS) is 23.9. The van der Waals surface area contributed by atoms with Gasteiger partial charge in [-0.25, -0.2) is 0 Å². The van der Waals surface area contributed by atoms with Crippen molar-refractivity contribution in [1.29, 1.82) is 0 Å². The van der Waals surface area contributed by atoms with Crippen LogP contribution >= 0.6 is 0 Å². The van der Waals surface area contributed by atoms with E-state index in [1.165, 1.54) is 0 Å². The average Bonchev–Trinajstić information content (AvgIpc) is 2.95. The second kappa shape index (κ2) is 3.35. The van der Waals surface area contributed by atoms with Crippen LogP contribution in [0, 0.1) is 24.2 Å². The summed E-state index contributed by atoms with van der Waals surface area (Å²) in [6.45, 7) is 0. The third-order valence-electron chi connectivity index (χ3n) is 1.79. The average molecular weight is 168 g/mol. The summed E-state index contributed by atoms with van der Waals surface area (Å²) in [5, 5.41) is 0. The Morgan fingerprint density at radius 1 is 1.15 bits per heavy atom. The minimum atomic E-state index is -0.0868. The number of epoxide rings is 1. The quantitative estimate of drug-likeness (QED) is 0.422. The first-order chi connectivity index (χ1) is 6.40. The van der Waals surface area contributed by atoms with Gasteiger partial charge in [0, 0.05) is 5.56 Å². The zero-order valence-corrected chi connectivity index (χ0v) is 7.03. The molecule has 62 valence electrons. The molecule has 1 aliphatic heterocycles. The fourth-order valence-electron chi connectivity index (χ4n) is 1.02. The molecule has 13 heavy (non-hydrogen) atoms. The van der Waals surface area contributed by atoms with E-state index in [1.54, 1.807) is 0 Å². The first-order valence-corrected chi connectivity index (χ1v) is 4.08. The molecule has 1 fully saturated rings. The molecule has 1 aliphatic rings. The Balaban J connectivity index is 2.03. The van der Waals surface area contributed by atoms with Crippen molar-refractivity contribution in [3.05, 3.63) is 35.9 Å². The van der Waals surface area contributed by atoms with E-state index in [0.29, 0.717) is 0 Å². The zero-order valence-electron chi connectivity index (χ0n) is 7.03. The molecule has 0 amide bonds. The number of ether oxygens (including phenoxy) is 1. The zero-order chi connectivity index (χ0) is 9.10. The first kappa shape index (κ1) is 7.92. The van der Waals surface area contributed by atoms with Crippen molar-refractivity contribution in [2.24, 2.45) is 0 Å². The maximum absolute atomic E-state index is 5.15. The molecule has 0 aliphatic carbocycles. The Kier molecular flexibility index (Phi) is 2.04. The standard InChI is InChI=1S/C12H8O/c1-2-11-12(13-11)9-8-10-6-4-3-5-7-10/h1,3-7,11-12H/t11-,12-/m1/s1. The van der Waals surface area contributed by atoms with Gasteiger partial charge in [0.2, 0.25) is 0 Å². The molecule has 2 atom stereocenters. The summed E-state index contributed by atoms with van der Waals surface area (Å²) in [6, 6.07) is 9.79. The summed E-state index contributed by atoms with van der Waals surface area (Å²) in [4.78, 5) is 0. The van der Waals surface area contributed by atoms with Gasteiger partial charge in [-0.2, -0.15) is 0 Å². The maximum Gasteiger partial charge on any atom is 0.157 e. The third-order valence-corrected chi connectivity index (χ3v) is 1.79. The van der Waals surface area contributed by atoms with Crippen LogP contribution in [0.4, 0.5) is 0 Å². The molecule has 1 aromatic carbocycles. The molecule has 0 unspecified atom stereocenters. The Labute approximate surface area is 77.7 Å². The van der Waals surface area contributed by atoms with Gasteiger partial charge in [-0.05, 0) is 12.1 Å². The van der Waals surface area contributed by atoms with Crippen LogP contribution in [0.25, 0.3) is 0 Å². The molecule has 1 nitrogen and oxygen atoms in total. The van der Waals surface area contributed by atoms with E-state index in [4.69, 9.17) is 11.2 Å². The van der Waals surface area contributed by atoms with E-state index >= 15 is 0 Å². The molecule has 1 saturated heterocycles. The van der Waals surface area contributed by atoms with Crippen LogP contribution in [-0.2, 0) is 4.74 Å². The van der Waals surface area contributed by atoms with Crippen molar-refractivity contribution in [3.63, 3.8) is 0 Å². The molecule has 0 N–H and O–H groups in total. The van der Waals surface area contributed by atoms with Gasteiger partial charge >= 0.3 is 0 Å². The van der Waals surface area contributed by atoms with Crippen LogP contribution in [0.2, 0.25) is 0 Å². The van der Waals surface area contributed by atoms with Gasteiger partial charge in [-0.1, -0.05) is 36.0 Å². The Bertz CT molecular complexity index is 389. The van der Waals surface area contributed by atoms with E-state index in [9.17, 15) is 0 Å². The Morgan fingerprint density at radius 2 is 1.92 bits per heavy atom. The molecule has 0 radical (unpaired) electrons. The molecule has 1 aromatic rings. The predicted octanol–water partition coefficient (Wildman–Crippen LogP) is 1.44. The number of terminal acetylenes is 1. The highest BCUT2D eigenvalue weighted by Crippen LogP contribution is 2.19. The van der Waals surface area contributed by atoms with Crippen molar-refractivity contribution in [2.45, 2.75) is 12.2 Å². The summed E-state index contributed by atoms with van der Waals surface area (Å²) in [6.07, 6.45) is 5.01. The second-order valence-corrected chi connectivity index (χ2v) is 2.78. The summed E-state index contributed by atoms with van der Waals surface area (Å²) in [5.41, 5.74) is 0.994. The summed E-state index contributed by atoms with van der Waals surface area (Å²) in [5.74, 6) is 8.46. The van der Waals surface area contributed by atoms with Gasteiger partial charge in [-0.15, -0.1) is 6.42 Å². The molecule has 0 bridgehead atoms. The van der Waals surface area contributed by atoms with E-state index in [-0.39, 0.29) is 12.2 Å². The molecule has 1 heteroatoms. The summed E-state index contributed by atoms with van der Waals surface area (Å²) < 4.78 is 5.08. The number of benzene rings is 1. The van der Waals surface area contributed by atoms with Crippen molar-refractivity contribution < 1.29 is 4.74 Å². The van der Waals surface area contributed by atoms with Gasteiger partial charge < -0.3 is 4.74 Å². The van der Waals surface area contributed by atoms with Gasteiger partial charge in [0.05, 0.1) is 0 Å². The summed E-state index contributed by atoms with van der Waals surface area (Å²) >= 11 is 0. The minimum Gasteiger partial charge on any atom is -0.342 e. The van der Waals surface area contributed by atoms with Crippen molar-refractivity contribution in [1.82, 2.24) is 0 Å². The largest absolute Gasteiger partial charge is 0.342 e. The van der Waals surface area contributed by atoms with Gasteiger partial charge in [0.15, 0.2) is 12.2 Å². The fourth-order valence-corrected chi connectivity index (χ4v) is 1.02. The lowest BCUT2D eigenvalue weighted by atomic mass is 10.2. The minimum absolute atomic E-state index is 0.0507. The topological polar surface area (TPSA) is 12.5 Å². The maximum atomic E-state index is 5.15. The van der Waals surface area contributed by atoms with Crippen molar-refractivity contribution in [2.75, 3.05) is 0 Å². The van der Waals surface area contributed by atoms with E-state index in [0.717, 1.165) is 5.56 Å². The highest BCUT2D eigenvalue weighted by molar-refractivity contribution is 5.36. The molecule has 0 aromatic heterocycles. The number of hydrogen-bond acceptors (Lipinski definition) is 1. The van der Waals surface area contributed by atoms with Crippen LogP contribution in [0.1, 0.15) is 5.56 Å². The van der Waals surface area contributed by atoms with Crippen LogP contribution in [0.15, 0.2) is 30.3 Å². The van der Waals surface area contributed by atoms with E-state index < -0.39 is 0 Å². The third kappa shape index (κ3) is 1.90. The molecular formula is C12H8O. The Hall–Kier alpha value is -1.70. The highest BCUT2D eigenvalue weighted by Gasteiger charge is 2.35. The molecular weight excluding hydrogens is 160 g/mol. The Morgan fingerprint density at radius 3 is 2.54 bits per heavy atom. The smallest absolute Gasteiger partial charge is 0.157 e. The SMILES string of the molecule is C#C[C@H]1O[C@@H]1C#Cc1ccccc1. The lowest BCUT2D eigenvalue weighted by molar-refractivity contribution is 0.421. The molecule has 0 saturated carbocycles. The van der Waals surface area contributed by atoms with Crippen LogP contribution in [0.5, 0.6) is 0 Å². The fraction of sp³-hybridized carbons (Fsp3) is 0.167. The van der Waals surface area contributed by atoms with Crippen molar-refractivity contribution >= 4 is 0 Å². The molecule has 0 spiro atoms. The van der Waals surface area contributed by atoms with Crippen LogP contribution < -0.4 is 0 Å². The van der Waals surface area contributed by atoms with Gasteiger partial charge in [0.1, 0.15) is 0 Å². The number of rotatable bonds is 0. The van der Waals surface area contributed by atoms with Gasteiger partial charge in [-0.3, -0.25) is 0 Å². The first-order valence-electron chi connectivity index (χ1n) is 4.08. The lowest BCUT2D eigenvalue weighted by Gasteiger charge is -1.84. The predicted molar refractivity (Wildman–Crippen MR) is 50.8 cm³/mol. The summed E-state index contributed by atoms with van der Waals surface area (Å²) in [7, 11) is 0. The van der Waals surface area contributed by atoms with Crippen molar-refractivity contribution in [3.8, 4) is 24.2 Å². The highest BCUT2D eigenvalue weighted by atomic mass is 16.6.